The fourth-order valence-electron chi connectivity index (χ4n) is 7.51. The molecule has 0 aliphatic rings. The lowest BCUT2D eigenvalue weighted by molar-refractivity contribution is -0.167. The van der Waals surface area contributed by atoms with Crippen molar-refractivity contribution in [2.75, 3.05) is 13.2 Å². The Morgan fingerprint density at radius 2 is 0.589 bits per heavy atom. The van der Waals surface area contributed by atoms with Crippen LogP contribution in [0, 0.1) is 5.92 Å². The van der Waals surface area contributed by atoms with Gasteiger partial charge in [-0.2, -0.15) is 0 Å². The Kier molecular flexibility index (Phi) is 43.2. The van der Waals surface area contributed by atoms with Crippen molar-refractivity contribution >= 4 is 17.9 Å². The minimum Gasteiger partial charge on any atom is -0.462 e. The van der Waals surface area contributed by atoms with E-state index in [0.29, 0.717) is 19.3 Å². The Hall–Kier alpha value is -1.59. The standard InChI is InChI=1S/C50H96O6/c1-5-7-9-11-13-14-15-19-23-26-30-34-38-42-49(52)55-45-47(44-54-48(51)41-37-33-28-12-10-8-6-2)56-50(53)43-39-35-31-27-24-21-18-16-17-20-22-25-29-32-36-40-46(3)4/h46-47H,5-45H2,1-4H3/t47-/m0/s1. The highest BCUT2D eigenvalue weighted by atomic mass is 16.6. The predicted molar refractivity (Wildman–Crippen MR) is 238 cm³/mol. The maximum atomic E-state index is 12.7. The molecular formula is C50H96O6. The van der Waals surface area contributed by atoms with Crippen molar-refractivity contribution in [1.29, 1.82) is 0 Å². The van der Waals surface area contributed by atoms with Crippen LogP contribution in [0.5, 0.6) is 0 Å². The third kappa shape index (κ3) is 43.5. The van der Waals surface area contributed by atoms with Crippen molar-refractivity contribution in [3.63, 3.8) is 0 Å². The molecule has 0 aromatic carbocycles. The molecule has 0 aromatic rings. The van der Waals surface area contributed by atoms with E-state index in [-0.39, 0.29) is 31.1 Å². The fourth-order valence-corrected chi connectivity index (χ4v) is 7.51. The summed E-state index contributed by atoms with van der Waals surface area (Å²) in [6, 6.07) is 0. The van der Waals surface area contributed by atoms with Gasteiger partial charge in [-0.25, -0.2) is 0 Å². The lowest BCUT2D eigenvalue weighted by atomic mass is 10.0. The summed E-state index contributed by atoms with van der Waals surface area (Å²) in [5.41, 5.74) is 0. The summed E-state index contributed by atoms with van der Waals surface area (Å²) >= 11 is 0. The van der Waals surface area contributed by atoms with Gasteiger partial charge in [-0.1, -0.05) is 240 Å². The van der Waals surface area contributed by atoms with Crippen LogP contribution in [0.15, 0.2) is 0 Å². The van der Waals surface area contributed by atoms with Gasteiger partial charge in [0, 0.05) is 19.3 Å². The highest BCUT2D eigenvalue weighted by molar-refractivity contribution is 5.71. The lowest BCUT2D eigenvalue weighted by Crippen LogP contribution is -2.30. The van der Waals surface area contributed by atoms with Crippen LogP contribution in [-0.2, 0) is 28.6 Å². The van der Waals surface area contributed by atoms with Crippen LogP contribution < -0.4 is 0 Å². The van der Waals surface area contributed by atoms with E-state index in [4.69, 9.17) is 14.2 Å². The maximum Gasteiger partial charge on any atom is 0.306 e. The van der Waals surface area contributed by atoms with Gasteiger partial charge >= 0.3 is 17.9 Å². The molecule has 0 aliphatic carbocycles. The Balaban J connectivity index is 4.20. The maximum absolute atomic E-state index is 12.7. The number of hydrogen-bond donors (Lipinski definition) is 0. The second-order valence-corrected chi connectivity index (χ2v) is 17.6. The summed E-state index contributed by atoms with van der Waals surface area (Å²) in [7, 11) is 0. The van der Waals surface area contributed by atoms with Crippen LogP contribution in [0.4, 0.5) is 0 Å². The Morgan fingerprint density at radius 3 is 0.875 bits per heavy atom. The van der Waals surface area contributed by atoms with Crippen molar-refractivity contribution in [3.8, 4) is 0 Å². The number of carbonyl (C=O) groups excluding carboxylic acids is 3. The molecule has 0 radical (unpaired) electrons. The van der Waals surface area contributed by atoms with Crippen LogP contribution in [0.2, 0.25) is 0 Å². The average Bonchev–Trinajstić information content (AvgIpc) is 3.18. The average molecular weight is 793 g/mol. The number of esters is 3. The third-order valence-electron chi connectivity index (χ3n) is 11.3. The summed E-state index contributed by atoms with van der Waals surface area (Å²) in [4.78, 5) is 37.7. The molecule has 0 unspecified atom stereocenters. The molecule has 0 amide bonds. The molecule has 332 valence electrons. The van der Waals surface area contributed by atoms with Crippen LogP contribution >= 0.6 is 0 Å². The van der Waals surface area contributed by atoms with Gasteiger partial charge in [0.15, 0.2) is 6.10 Å². The largest absolute Gasteiger partial charge is 0.462 e. The van der Waals surface area contributed by atoms with E-state index in [1.807, 2.05) is 0 Å². The second kappa shape index (κ2) is 44.5. The van der Waals surface area contributed by atoms with E-state index in [9.17, 15) is 14.4 Å². The molecule has 6 heteroatoms. The number of ether oxygens (including phenoxy) is 3. The van der Waals surface area contributed by atoms with Crippen LogP contribution in [0.3, 0.4) is 0 Å². The summed E-state index contributed by atoms with van der Waals surface area (Å²) < 4.78 is 16.7. The molecule has 6 nitrogen and oxygen atoms in total. The van der Waals surface area contributed by atoms with Gasteiger partial charge in [-0.05, 0) is 25.2 Å². The molecule has 56 heavy (non-hydrogen) atoms. The van der Waals surface area contributed by atoms with Gasteiger partial charge in [0.1, 0.15) is 13.2 Å². The fraction of sp³-hybridized carbons (Fsp3) is 0.940. The minimum atomic E-state index is -0.759. The Bertz CT molecular complexity index is 841. The molecule has 1 atom stereocenters. The number of hydrogen-bond acceptors (Lipinski definition) is 6. The molecule has 0 spiro atoms. The van der Waals surface area contributed by atoms with Crippen molar-refractivity contribution < 1.29 is 28.6 Å². The van der Waals surface area contributed by atoms with Crippen molar-refractivity contribution in [2.45, 2.75) is 284 Å². The molecule has 0 fully saturated rings. The van der Waals surface area contributed by atoms with Crippen LogP contribution in [0.1, 0.15) is 278 Å². The number of unbranched alkanes of at least 4 members (excludes halogenated alkanes) is 32. The van der Waals surface area contributed by atoms with Gasteiger partial charge in [0.05, 0.1) is 0 Å². The van der Waals surface area contributed by atoms with Gasteiger partial charge < -0.3 is 14.2 Å². The van der Waals surface area contributed by atoms with Gasteiger partial charge in [-0.15, -0.1) is 0 Å². The van der Waals surface area contributed by atoms with E-state index >= 15 is 0 Å². The molecule has 0 rings (SSSR count). The number of rotatable bonds is 45. The first kappa shape index (κ1) is 54.4. The molecular weight excluding hydrogens is 697 g/mol. The van der Waals surface area contributed by atoms with E-state index in [1.54, 1.807) is 0 Å². The highest BCUT2D eigenvalue weighted by Gasteiger charge is 2.19. The zero-order chi connectivity index (χ0) is 41.0. The zero-order valence-electron chi connectivity index (χ0n) is 38.1. The summed E-state index contributed by atoms with van der Waals surface area (Å²) in [6.45, 7) is 8.99. The molecule has 0 N–H and O–H groups in total. The van der Waals surface area contributed by atoms with Gasteiger partial charge in [0.2, 0.25) is 0 Å². The van der Waals surface area contributed by atoms with E-state index in [1.165, 1.54) is 173 Å². The monoisotopic (exact) mass is 793 g/mol. The molecule has 0 aliphatic heterocycles. The smallest absolute Gasteiger partial charge is 0.306 e. The molecule has 0 heterocycles. The zero-order valence-corrected chi connectivity index (χ0v) is 38.1. The highest BCUT2D eigenvalue weighted by Crippen LogP contribution is 2.17. The first-order valence-corrected chi connectivity index (χ1v) is 24.9. The number of carbonyl (C=O) groups is 3. The second-order valence-electron chi connectivity index (χ2n) is 17.6. The third-order valence-corrected chi connectivity index (χ3v) is 11.3. The van der Waals surface area contributed by atoms with E-state index in [0.717, 1.165) is 63.7 Å². The summed E-state index contributed by atoms with van der Waals surface area (Å²) in [5.74, 6) is -0.00563. The van der Waals surface area contributed by atoms with Gasteiger partial charge in [-0.3, -0.25) is 14.4 Å². The lowest BCUT2D eigenvalue weighted by Gasteiger charge is -2.18. The molecule has 0 saturated heterocycles. The van der Waals surface area contributed by atoms with Crippen LogP contribution in [0.25, 0.3) is 0 Å². The van der Waals surface area contributed by atoms with Crippen molar-refractivity contribution in [1.82, 2.24) is 0 Å². The van der Waals surface area contributed by atoms with E-state index in [2.05, 4.69) is 27.7 Å². The molecule has 0 aromatic heterocycles. The topological polar surface area (TPSA) is 78.9 Å². The Labute approximate surface area is 348 Å². The summed E-state index contributed by atoms with van der Waals surface area (Å²) in [6.07, 6.45) is 45.3. The van der Waals surface area contributed by atoms with Crippen molar-refractivity contribution in [3.05, 3.63) is 0 Å². The molecule has 0 saturated carbocycles. The first-order valence-electron chi connectivity index (χ1n) is 24.9. The normalized spacial score (nSPS) is 11.9. The Morgan fingerprint density at radius 1 is 0.339 bits per heavy atom. The minimum absolute atomic E-state index is 0.0633. The van der Waals surface area contributed by atoms with Crippen molar-refractivity contribution in [2.24, 2.45) is 5.92 Å². The quantitative estimate of drug-likeness (QED) is 0.0347. The van der Waals surface area contributed by atoms with Crippen LogP contribution in [-0.4, -0.2) is 37.2 Å². The summed E-state index contributed by atoms with van der Waals surface area (Å²) in [5, 5.41) is 0. The molecule has 0 bridgehead atoms. The SMILES string of the molecule is CCCCCCCCCCCCCCCC(=O)OC[C@H](COC(=O)CCCCCCCCC)OC(=O)CCCCCCCCCCCCCCCCCC(C)C. The predicted octanol–water partition coefficient (Wildman–Crippen LogP) is 15.9. The van der Waals surface area contributed by atoms with E-state index < -0.39 is 6.10 Å². The first-order chi connectivity index (χ1) is 27.4. The van der Waals surface area contributed by atoms with Gasteiger partial charge in [0.25, 0.3) is 0 Å².